The summed E-state index contributed by atoms with van der Waals surface area (Å²) in [5.74, 6) is -3.13. The Morgan fingerprint density at radius 2 is 2.10 bits per heavy atom. The molecule has 1 N–H and O–H groups in total. The zero-order valence-corrected chi connectivity index (χ0v) is 11.7. The summed E-state index contributed by atoms with van der Waals surface area (Å²) in [6.07, 6.45) is 1.21. The van der Waals surface area contributed by atoms with Crippen molar-refractivity contribution in [1.29, 1.82) is 0 Å². The van der Waals surface area contributed by atoms with E-state index in [0.717, 1.165) is 25.0 Å². The van der Waals surface area contributed by atoms with Gasteiger partial charge in [0.25, 0.3) is 0 Å². The number of likely N-dealkylation sites (tertiary alicyclic amines) is 1. The van der Waals surface area contributed by atoms with Crippen LogP contribution in [0, 0.1) is 17.6 Å². The number of aliphatic carboxylic acids is 1. The van der Waals surface area contributed by atoms with Crippen molar-refractivity contribution in [3.8, 4) is 0 Å². The Labute approximate surface area is 121 Å². The highest BCUT2D eigenvalue weighted by Gasteiger charge is 2.36. The van der Waals surface area contributed by atoms with Crippen LogP contribution in [0.5, 0.6) is 0 Å². The third-order valence-electron chi connectivity index (χ3n) is 3.86. The second-order valence-corrected chi connectivity index (χ2v) is 5.40. The topological polar surface area (TPSA) is 57.6 Å². The SMILES string of the molecule is CC1CCCN(C(=O)Cc2ccc(F)cc2F)C1C(=O)O. The van der Waals surface area contributed by atoms with Crippen molar-refractivity contribution in [2.75, 3.05) is 6.54 Å². The largest absolute Gasteiger partial charge is 0.480 e. The molecule has 1 aromatic rings. The number of rotatable bonds is 3. The fraction of sp³-hybridized carbons (Fsp3) is 0.467. The average Bonchev–Trinajstić information content (AvgIpc) is 2.41. The lowest BCUT2D eigenvalue weighted by molar-refractivity contribution is -0.154. The summed E-state index contributed by atoms with van der Waals surface area (Å²) in [4.78, 5) is 24.9. The molecular weight excluding hydrogens is 280 g/mol. The van der Waals surface area contributed by atoms with Crippen molar-refractivity contribution in [1.82, 2.24) is 4.90 Å². The summed E-state index contributed by atoms with van der Waals surface area (Å²) in [5, 5.41) is 9.27. The van der Waals surface area contributed by atoms with E-state index in [2.05, 4.69) is 0 Å². The van der Waals surface area contributed by atoms with Gasteiger partial charge in [0.2, 0.25) is 5.91 Å². The van der Waals surface area contributed by atoms with E-state index in [9.17, 15) is 23.5 Å². The summed E-state index contributed by atoms with van der Waals surface area (Å²) in [5.41, 5.74) is 0.0729. The highest BCUT2D eigenvalue weighted by Crippen LogP contribution is 2.24. The first-order valence-corrected chi connectivity index (χ1v) is 6.86. The molecule has 1 heterocycles. The number of hydrogen-bond donors (Lipinski definition) is 1. The highest BCUT2D eigenvalue weighted by molar-refractivity contribution is 5.85. The van der Waals surface area contributed by atoms with Crippen LogP contribution < -0.4 is 0 Å². The van der Waals surface area contributed by atoms with Crippen LogP contribution in [0.4, 0.5) is 8.78 Å². The summed E-state index contributed by atoms with van der Waals surface area (Å²) >= 11 is 0. The minimum atomic E-state index is -1.05. The number of hydrogen-bond acceptors (Lipinski definition) is 2. The maximum absolute atomic E-state index is 13.6. The first-order valence-electron chi connectivity index (χ1n) is 6.86. The Morgan fingerprint density at radius 1 is 1.38 bits per heavy atom. The van der Waals surface area contributed by atoms with Gasteiger partial charge in [0.05, 0.1) is 6.42 Å². The molecule has 0 aliphatic carbocycles. The second-order valence-electron chi connectivity index (χ2n) is 5.40. The molecule has 6 heteroatoms. The van der Waals surface area contributed by atoms with Crippen LogP contribution in [-0.4, -0.2) is 34.5 Å². The molecule has 0 saturated carbocycles. The van der Waals surface area contributed by atoms with Gasteiger partial charge in [-0.1, -0.05) is 13.0 Å². The van der Waals surface area contributed by atoms with Gasteiger partial charge >= 0.3 is 5.97 Å². The van der Waals surface area contributed by atoms with Gasteiger partial charge in [0.1, 0.15) is 17.7 Å². The molecule has 0 spiro atoms. The highest BCUT2D eigenvalue weighted by atomic mass is 19.1. The number of carboxylic acids is 1. The predicted molar refractivity (Wildman–Crippen MR) is 71.6 cm³/mol. The van der Waals surface area contributed by atoms with Crippen LogP contribution in [0.3, 0.4) is 0 Å². The van der Waals surface area contributed by atoms with Crippen LogP contribution in [0.25, 0.3) is 0 Å². The number of halogens is 2. The lowest BCUT2D eigenvalue weighted by Gasteiger charge is -2.37. The second kappa shape index (κ2) is 6.20. The summed E-state index contributed by atoms with van der Waals surface area (Å²) in [7, 11) is 0. The summed E-state index contributed by atoms with van der Waals surface area (Å²) in [6.45, 7) is 2.14. The van der Waals surface area contributed by atoms with E-state index < -0.39 is 29.6 Å². The van der Waals surface area contributed by atoms with Gasteiger partial charge in [-0.3, -0.25) is 4.79 Å². The fourth-order valence-electron chi connectivity index (χ4n) is 2.77. The molecule has 0 aromatic heterocycles. The summed E-state index contributed by atoms with van der Waals surface area (Å²) in [6, 6.07) is 2.14. The number of carbonyl (C=O) groups excluding carboxylic acids is 1. The number of benzene rings is 1. The van der Waals surface area contributed by atoms with Gasteiger partial charge in [0.15, 0.2) is 0 Å². The van der Waals surface area contributed by atoms with Crippen molar-refractivity contribution in [2.24, 2.45) is 5.92 Å². The maximum Gasteiger partial charge on any atom is 0.326 e. The Morgan fingerprint density at radius 3 is 2.71 bits per heavy atom. The first-order chi connectivity index (χ1) is 9.90. The Hall–Kier alpha value is -1.98. The Kier molecular flexibility index (Phi) is 4.55. The van der Waals surface area contributed by atoms with Gasteiger partial charge in [0, 0.05) is 12.6 Å². The molecule has 1 saturated heterocycles. The van der Waals surface area contributed by atoms with E-state index >= 15 is 0 Å². The zero-order chi connectivity index (χ0) is 15.6. The number of carbonyl (C=O) groups is 2. The molecular formula is C15H17F2NO3. The molecule has 114 valence electrons. The van der Waals surface area contributed by atoms with Gasteiger partial charge in [-0.25, -0.2) is 13.6 Å². The molecule has 1 aliphatic heterocycles. The lowest BCUT2D eigenvalue weighted by atomic mass is 9.90. The molecule has 2 atom stereocenters. The monoisotopic (exact) mass is 297 g/mol. The van der Waals surface area contributed by atoms with E-state index in [4.69, 9.17) is 0 Å². The Balaban J connectivity index is 2.16. The van der Waals surface area contributed by atoms with E-state index in [-0.39, 0.29) is 17.9 Å². The maximum atomic E-state index is 13.6. The first kappa shape index (κ1) is 15.4. The number of amides is 1. The predicted octanol–water partition coefficient (Wildman–Crippen LogP) is 2.22. The van der Waals surface area contributed by atoms with Gasteiger partial charge in [-0.05, 0) is 30.4 Å². The summed E-state index contributed by atoms with van der Waals surface area (Å²) < 4.78 is 26.4. The van der Waals surface area contributed by atoms with Crippen molar-refractivity contribution in [3.63, 3.8) is 0 Å². The number of carboxylic acid groups (broad SMARTS) is 1. The van der Waals surface area contributed by atoms with Crippen LogP contribution in [-0.2, 0) is 16.0 Å². The zero-order valence-electron chi connectivity index (χ0n) is 11.7. The molecule has 21 heavy (non-hydrogen) atoms. The van der Waals surface area contributed by atoms with E-state index in [1.54, 1.807) is 6.92 Å². The molecule has 1 aromatic carbocycles. The lowest BCUT2D eigenvalue weighted by Crippen LogP contribution is -2.52. The molecule has 1 fully saturated rings. The molecule has 4 nitrogen and oxygen atoms in total. The van der Waals surface area contributed by atoms with Gasteiger partial charge in [-0.2, -0.15) is 0 Å². The van der Waals surface area contributed by atoms with Crippen LogP contribution in [0.1, 0.15) is 25.3 Å². The minimum Gasteiger partial charge on any atom is -0.480 e. The van der Waals surface area contributed by atoms with E-state index in [1.807, 2.05) is 0 Å². The minimum absolute atomic E-state index is 0.0729. The van der Waals surface area contributed by atoms with Crippen molar-refractivity contribution in [3.05, 3.63) is 35.4 Å². The van der Waals surface area contributed by atoms with Crippen molar-refractivity contribution < 1.29 is 23.5 Å². The normalized spacial score (nSPS) is 22.1. The fourth-order valence-corrected chi connectivity index (χ4v) is 2.77. The quantitative estimate of drug-likeness (QED) is 0.930. The molecule has 0 bridgehead atoms. The molecule has 0 radical (unpaired) electrons. The van der Waals surface area contributed by atoms with Gasteiger partial charge in [-0.15, -0.1) is 0 Å². The van der Waals surface area contributed by atoms with E-state index in [1.165, 1.54) is 11.0 Å². The smallest absolute Gasteiger partial charge is 0.326 e. The van der Waals surface area contributed by atoms with Crippen LogP contribution >= 0.6 is 0 Å². The standard InChI is InChI=1S/C15H17F2NO3/c1-9-3-2-6-18(14(9)15(20)21)13(19)7-10-4-5-11(16)8-12(10)17/h4-5,8-9,14H,2-3,6-7H2,1H3,(H,20,21). The van der Waals surface area contributed by atoms with Crippen molar-refractivity contribution >= 4 is 11.9 Å². The van der Waals surface area contributed by atoms with Gasteiger partial charge < -0.3 is 10.0 Å². The van der Waals surface area contributed by atoms with E-state index in [0.29, 0.717) is 6.54 Å². The third kappa shape index (κ3) is 3.37. The molecule has 1 aliphatic rings. The Bertz CT molecular complexity index is 562. The molecule has 2 rings (SSSR count). The molecule has 1 amide bonds. The van der Waals surface area contributed by atoms with Crippen LogP contribution in [0.2, 0.25) is 0 Å². The van der Waals surface area contributed by atoms with Crippen LogP contribution in [0.15, 0.2) is 18.2 Å². The number of nitrogens with zero attached hydrogens (tertiary/aromatic N) is 1. The number of piperidine rings is 1. The van der Waals surface area contributed by atoms with Crippen molar-refractivity contribution in [2.45, 2.75) is 32.2 Å². The average molecular weight is 297 g/mol. The third-order valence-corrected chi connectivity index (χ3v) is 3.86. The molecule has 2 unspecified atom stereocenters.